The second kappa shape index (κ2) is 11.0. The Hall–Kier alpha value is -3.61. The molecule has 0 bridgehead atoms. The van der Waals surface area contributed by atoms with Crippen molar-refractivity contribution >= 4 is 0 Å². The number of hydrogen-bond donors (Lipinski definition) is 1. The minimum atomic E-state index is -0.451. The maximum Gasteiger partial charge on any atom is 0.222 e. The third-order valence-corrected chi connectivity index (χ3v) is 6.57. The fraction of sp³-hybridized carbons (Fsp3) is 0.300. The van der Waals surface area contributed by atoms with Crippen LogP contribution in [0.1, 0.15) is 24.0 Å². The Balaban J connectivity index is 1.45. The zero-order valence-corrected chi connectivity index (χ0v) is 20.9. The van der Waals surface area contributed by atoms with E-state index in [0.717, 1.165) is 41.0 Å². The highest BCUT2D eigenvalue weighted by Crippen LogP contribution is 2.37. The van der Waals surface area contributed by atoms with E-state index in [1.54, 1.807) is 7.11 Å². The van der Waals surface area contributed by atoms with Crippen LogP contribution >= 0.6 is 0 Å². The zero-order chi connectivity index (χ0) is 24.9. The summed E-state index contributed by atoms with van der Waals surface area (Å²) in [4.78, 5) is 2.38. The quantitative estimate of drug-likeness (QED) is 0.307. The van der Waals surface area contributed by atoms with E-state index in [-0.39, 0.29) is 0 Å². The molecule has 6 heteroatoms. The van der Waals surface area contributed by atoms with Crippen LogP contribution in [0.3, 0.4) is 0 Å². The maximum atomic E-state index is 11.0. The van der Waals surface area contributed by atoms with Crippen molar-refractivity contribution < 1.29 is 14.6 Å². The number of aryl methyl sites for hydroxylation is 1. The van der Waals surface area contributed by atoms with E-state index in [1.165, 1.54) is 0 Å². The van der Waals surface area contributed by atoms with E-state index in [2.05, 4.69) is 29.2 Å². The van der Waals surface area contributed by atoms with Crippen LogP contribution in [0.5, 0.6) is 17.4 Å². The highest BCUT2D eigenvalue weighted by Gasteiger charge is 2.33. The van der Waals surface area contributed by atoms with Crippen molar-refractivity contribution in [3.63, 3.8) is 0 Å². The molecule has 5 rings (SSSR count). The molecule has 0 spiro atoms. The molecular formula is C30H33N3O3. The molecule has 1 aliphatic carbocycles. The lowest BCUT2D eigenvalue weighted by Gasteiger charge is -2.25. The molecule has 1 fully saturated rings. The second-order valence-electron chi connectivity index (χ2n) is 9.41. The van der Waals surface area contributed by atoms with Gasteiger partial charge in [-0.1, -0.05) is 66.7 Å². The zero-order valence-electron chi connectivity index (χ0n) is 20.9. The lowest BCUT2D eigenvalue weighted by atomic mass is 10.1. The molecule has 1 aliphatic rings. The Morgan fingerprint density at radius 1 is 0.972 bits per heavy atom. The summed E-state index contributed by atoms with van der Waals surface area (Å²) >= 11 is 0. The largest absolute Gasteiger partial charge is 0.497 e. The van der Waals surface area contributed by atoms with Gasteiger partial charge in [0, 0.05) is 37.8 Å². The lowest BCUT2D eigenvalue weighted by molar-refractivity contribution is 0.104. The standard InChI is InChI=1S/C30H33N3O3/c1-32-30(36-27-15-9-14-26(19-27)35-2)28(29(31-32)23-12-7-4-8-13-23)21-33(24-16-17-24)20-25(34)18-22-10-5-3-6-11-22/h3-15,19,24-25,34H,16-18,20-21H2,1-2H3. The number of aliphatic hydroxyl groups excluding tert-OH is 1. The predicted octanol–water partition coefficient (Wildman–Crippen LogP) is 5.46. The molecule has 6 nitrogen and oxygen atoms in total. The topological polar surface area (TPSA) is 59.8 Å². The summed E-state index contributed by atoms with van der Waals surface area (Å²) in [5.41, 5.74) is 4.11. The van der Waals surface area contributed by atoms with E-state index in [0.29, 0.717) is 37.2 Å². The van der Waals surface area contributed by atoms with Crippen LogP contribution in [0.4, 0.5) is 0 Å². The molecule has 1 heterocycles. The van der Waals surface area contributed by atoms with Gasteiger partial charge in [-0.15, -0.1) is 0 Å². The molecule has 1 N–H and O–H groups in total. The third kappa shape index (κ3) is 5.78. The minimum Gasteiger partial charge on any atom is -0.497 e. The first-order chi connectivity index (χ1) is 17.6. The van der Waals surface area contributed by atoms with Gasteiger partial charge in [0.2, 0.25) is 5.88 Å². The Bertz CT molecular complexity index is 1270. The molecule has 1 aromatic heterocycles. The van der Waals surface area contributed by atoms with Crippen LogP contribution in [-0.4, -0.2) is 45.6 Å². The Labute approximate surface area is 212 Å². The maximum absolute atomic E-state index is 11.0. The number of hydrogen-bond acceptors (Lipinski definition) is 5. The van der Waals surface area contributed by atoms with Gasteiger partial charge in [0.25, 0.3) is 0 Å². The van der Waals surface area contributed by atoms with Crippen LogP contribution in [0, 0.1) is 0 Å². The van der Waals surface area contributed by atoms with Crippen LogP contribution in [0.25, 0.3) is 11.3 Å². The highest BCUT2D eigenvalue weighted by molar-refractivity contribution is 5.65. The minimum absolute atomic E-state index is 0.451. The van der Waals surface area contributed by atoms with Gasteiger partial charge in [-0.25, -0.2) is 4.68 Å². The molecule has 0 aliphatic heterocycles. The predicted molar refractivity (Wildman–Crippen MR) is 141 cm³/mol. The van der Waals surface area contributed by atoms with Gasteiger partial charge in [-0.3, -0.25) is 4.90 Å². The van der Waals surface area contributed by atoms with Crippen LogP contribution in [0.15, 0.2) is 84.9 Å². The van der Waals surface area contributed by atoms with Crippen LogP contribution < -0.4 is 9.47 Å². The third-order valence-electron chi connectivity index (χ3n) is 6.57. The van der Waals surface area contributed by atoms with Crippen molar-refractivity contribution in [3.05, 3.63) is 96.1 Å². The summed E-state index contributed by atoms with van der Waals surface area (Å²) in [5, 5.41) is 15.8. The van der Waals surface area contributed by atoms with Gasteiger partial charge in [-0.2, -0.15) is 5.10 Å². The Morgan fingerprint density at radius 2 is 1.67 bits per heavy atom. The van der Waals surface area contributed by atoms with Gasteiger partial charge in [0.1, 0.15) is 17.2 Å². The highest BCUT2D eigenvalue weighted by atomic mass is 16.5. The summed E-state index contributed by atoms with van der Waals surface area (Å²) in [7, 11) is 3.56. The van der Waals surface area contributed by atoms with Gasteiger partial charge in [0.05, 0.1) is 18.8 Å². The van der Waals surface area contributed by atoms with E-state index in [9.17, 15) is 5.11 Å². The normalized spacial score (nSPS) is 14.1. The summed E-state index contributed by atoms with van der Waals surface area (Å²) in [5.74, 6) is 2.13. The average molecular weight is 484 g/mol. The summed E-state index contributed by atoms with van der Waals surface area (Å²) < 4.78 is 13.6. The van der Waals surface area contributed by atoms with Gasteiger partial charge < -0.3 is 14.6 Å². The molecular weight excluding hydrogens is 450 g/mol. The van der Waals surface area contributed by atoms with E-state index in [4.69, 9.17) is 14.6 Å². The van der Waals surface area contributed by atoms with E-state index < -0.39 is 6.10 Å². The first kappa shape index (κ1) is 24.1. The van der Waals surface area contributed by atoms with E-state index in [1.807, 2.05) is 72.4 Å². The average Bonchev–Trinajstić information content (AvgIpc) is 3.71. The van der Waals surface area contributed by atoms with Gasteiger partial charge in [-0.05, 0) is 37.0 Å². The first-order valence-electron chi connectivity index (χ1n) is 12.5. The van der Waals surface area contributed by atoms with Crippen LogP contribution in [-0.2, 0) is 20.0 Å². The lowest BCUT2D eigenvalue weighted by Crippen LogP contribution is -2.35. The molecule has 3 aromatic carbocycles. The molecule has 0 saturated heterocycles. The number of benzene rings is 3. The molecule has 186 valence electrons. The molecule has 36 heavy (non-hydrogen) atoms. The van der Waals surface area contributed by atoms with Gasteiger partial charge >= 0.3 is 0 Å². The number of aliphatic hydroxyl groups is 1. The Morgan fingerprint density at radius 3 is 2.36 bits per heavy atom. The number of aromatic nitrogens is 2. The summed E-state index contributed by atoms with van der Waals surface area (Å²) in [6.07, 6.45) is 2.47. The fourth-order valence-corrected chi connectivity index (χ4v) is 4.63. The van der Waals surface area contributed by atoms with Crippen LogP contribution in [0.2, 0.25) is 0 Å². The van der Waals surface area contributed by atoms with Crippen molar-refractivity contribution in [2.45, 2.75) is 38.0 Å². The Kier molecular flexibility index (Phi) is 7.35. The molecule has 1 atom stereocenters. The van der Waals surface area contributed by atoms with Crippen molar-refractivity contribution in [1.82, 2.24) is 14.7 Å². The first-order valence-corrected chi connectivity index (χ1v) is 12.5. The van der Waals surface area contributed by atoms with E-state index >= 15 is 0 Å². The fourth-order valence-electron chi connectivity index (χ4n) is 4.63. The summed E-state index contributed by atoms with van der Waals surface area (Å²) in [6, 6.07) is 28.5. The SMILES string of the molecule is COc1cccc(Oc2c(CN(CC(O)Cc3ccccc3)C3CC3)c(-c3ccccc3)nn2C)c1. The molecule has 0 amide bonds. The number of nitrogens with zero attached hydrogens (tertiary/aromatic N) is 3. The number of methoxy groups -OCH3 is 1. The number of rotatable bonds is 11. The molecule has 1 unspecified atom stereocenters. The molecule has 0 radical (unpaired) electrons. The monoisotopic (exact) mass is 483 g/mol. The summed E-state index contributed by atoms with van der Waals surface area (Å²) in [6.45, 7) is 1.25. The van der Waals surface area contributed by atoms with Crippen molar-refractivity contribution in [1.29, 1.82) is 0 Å². The molecule has 1 saturated carbocycles. The van der Waals surface area contributed by atoms with Gasteiger partial charge in [0.15, 0.2) is 0 Å². The van der Waals surface area contributed by atoms with Crippen molar-refractivity contribution in [3.8, 4) is 28.6 Å². The van der Waals surface area contributed by atoms with Crippen molar-refractivity contribution in [2.24, 2.45) is 7.05 Å². The van der Waals surface area contributed by atoms with Crippen molar-refractivity contribution in [2.75, 3.05) is 13.7 Å². The second-order valence-corrected chi connectivity index (χ2v) is 9.41. The number of ether oxygens (including phenoxy) is 2. The molecule has 4 aromatic rings. The smallest absolute Gasteiger partial charge is 0.222 e.